The van der Waals surface area contributed by atoms with Crippen molar-refractivity contribution in [1.29, 1.82) is 0 Å². The van der Waals surface area contributed by atoms with Crippen LogP contribution in [0.2, 0.25) is 0 Å². The molecular formula is C22H21N3. The van der Waals surface area contributed by atoms with Crippen LogP contribution in [-0.4, -0.2) is 9.55 Å². The van der Waals surface area contributed by atoms with E-state index in [0.29, 0.717) is 0 Å². The topological polar surface area (TPSA) is 43.8 Å². The summed E-state index contributed by atoms with van der Waals surface area (Å²) in [4.78, 5) is 4.86. The van der Waals surface area contributed by atoms with Crippen molar-refractivity contribution >= 4 is 16.7 Å². The van der Waals surface area contributed by atoms with E-state index < -0.39 is 0 Å². The number of rotatable bonds is 5. The number of para-hydroxylation sites is 2. The van der Waals surface area contributed by atoms with Crippen molar-refractivity contribution in [3.8, 4) is 11.4 Å². The Kier molecular flexibility index (Phi) is 4.21. The number of hydrogen-bond acceptors (Lipinski definition) is 2. The molecule has 0 aliphatic rings. The average Bonchev–Trinajstić information content (AvgIpc) is 3.02. The number of nitrogens with two attached hydrogens (primary N) is 1. The van der Waals surface area contributed by atoms with Crippen LogP contribution in [0, 0.1) is 0 Å². The molecule has 124 valence electrons. The second kappa shape index (κ2) is 6.81. The zero-order valence-electron chi connectivity index (χ0n) is 14.1. The molecular weight excluding hydrogens is 306 g/mol. The SMILES string of the molecule is Nc1ccc(-c2nc3ccccc3n2CCCc2ccccc2)cc1. The number of aromatic nitrogens is 2. The normalized spacial score (nSPS) is 11.0. The maximum absolute atomic E-state index is 5.84. The Morgan fingerprint density at radius 2 is 1.52 bits per heavy atom. The van der Waals surface area contributed by atoms with Gasteiger partial charge in [-0.1, -0.05) is 42.5 Å². The van der Waals surface area contributed by atoms with Gasteiger partial charge < -0.3 is 10.3 Å². The van der Waals surface area contributed by atoms with Gasteiger partial charge in [0.1, 0.15) is 5.82 Å². The smallest absolute Gasteiger partial charge is 0.141 e. The van der Waals surface area contributed by atoms with Crippen molar-refractivity contribution < 1.29 is 0 Å². The summed E-state index contributed by atoms with van der Waals surface area (Å²) < 4.78 is 2.32. The number of aryl methyl sites for hydroxylation is 2. The number of anilines is 1. The zero-order valence-corrected chi connectivity index (χ0v) is 14.1. The standard InChI is InChI=1S/C22H21N3/c23-19-14-12-18(13-15-19)22-24-20-10-4-5-11-21(20)25(22)16-6-9-17-7-2-1-3-8-17/h1-5,7-8,10-15H,6,9,16,23H2. The van der Waals surface area contributed by atoms with Crippen molar-refractivity contribution in [2.45, 2.75) is 19.4 Å². The van der Waals surface area contributed by atoms with Crippen LogP contribution >= 0.6 is 0 Å². The Bertz CT molecular complexity index is 969. The van der Waals surface area contributed by atoms with Crippen LogP contribution in [-0.2, 0) is 13.0 Å². The van der Waals surface area contributed by atoms with Crippen molar-refractivity contribution in [3.63, 3.8) is 0 Å². The fraction of sp³-hybridized carbons (Fsp3) is 0.136. The number of fused-ring (bicyclic) bond motifs is 1. The minimum atomic E-state index is 0.774. The fourth-order valence-electron chi connectivity index (χ4n) is 3.24. The molecule has 0 spiro atoms. The Morgan fingerprint density at radius 1 is 0.800 bits per heavy atom. The minimum absolute atomic E-state index is 0.774. The zero-order chi connectivity index (χ0) is 17.1. The van der Waals surface area contributed by atoms with Crippen LogP contribution in [0.1, 0.15) is 12.0 Å². The maximum Gasteiger partial charge on any atom is 0.141 e. The summed E-state index contributed by atoms with van der Waals surface area (Å²) in [6.07, 6.45) is 2.14. The molecule has 0 aliphatic heterocycles. The summed E-state index contributed by atoms with van der Waals surface area (Å²) in [5.74, 6) is 1.01. The van der Waals surface area contributed by atoms with E-state index in [1.165, 1.54) is 11.1 Å². The van der Waals surface area contributed by atoms with Gasteiger partial charge in [-0.2, -0.15) is 0 Å². The summed E-state index contributed by atoms with van der Waals surface area (Å²) in [6.45, 7) is 0.940. The Hall–Kier alpha value is -3.07. The van der Waals surface area contributed by atoms with Gasteiger partial charge in [-0.15, -0.1) is 0 Å². The molecule has 0 fully saturated rings. The van der Waals surface area contributed by atoms with Crippen LogP contribution in [0.4, 0.5) is 5.69 Å². The van der Waals surface area contributed by atoms with E-state index in [4.69, 9.17) is 10.7 Å². The first-order valence-electron chi connectivity index (χ1n) is 8.66. The molecule has 0 radical (unpaired) electrons. The molecule has 1 aromatic heterocycles. The third-order valence-corrected chi connectivity index (χ3v) is 4.51. The van der Waals surface area contributed by atoms with Gasteiger partial charge in [0.15, 0.2) is 0 Å². The minimum Gasteiger partial charge on any atom is -0.399 e. The van der Waals surface area contributed by atoms with Crippen molar-refractivity contribution in [2.24, 2.45) is 0 Å². The lowest BCUT2D eigenvalue weighted by molar-refractivity contribution is 0.663. The molecule has 3 nitrogen and oxygen atoms in total. The molecule has 4 aromatic rings. The van der Waals surface area contributed by atoms with Gasteiger partial charge in [0.25, 0.3) is 0 Å². The van der Waals surface area contributed by atoms with Gasteiger partial charge in [-0.05, 0) is 54.8 Å². The van der Waals surface area contributed by atoms with Crippen molar-refractivity contribution in [3.05, 3.63) is 84.4 Å². The molecule has 3 aromatic carbocycles. The third-order valence-electron chi connectivity index (χ3n) is 4.51. The molecule has 0 saturated heterocycles. The van der Waals surface area contributed by atoms with Crippen LogP contribution in [0.3, 0.4) is 0 Å². The van der Waals surface area contributed by atoms with E-state index in [9.17, 15) is 0 Å². The third kappa shape index (κ3) is 3.26. The second-order valence-electron chi connectivity index (χ2n) is 6.29. The van der Waals surface area contributed by atoms with Crippen molar-refractivity contribution in [1.82, 2.24) is 9.55 Å². The molecule has 4 rings (SSSR count). The highest BCUT2D eigenvalue weighted by atomic mass is 15.1. The molecule has 3 heteroatoms. The number of nitrogens with zero attached hydrogens (tertiary/aromatic N) is 2. The summed E-state index contributed by atoms with van der Waals surface area (Å²) in [6, 6.07) is 26.9. The van der Waals surface area contributed by atoms with E-state index in [1.807, 2.05) is 30.3 Å². The van der Waals surface area contributed by atoms with Gasteiger partial charge >= 0.3 is 0 Å². The second-order valence-corrected chi connectivity index (χ2v) is 6.29. The molecule has 0 atom stereocenters. The summed E-state index contributed by atoms with van der Waals surface area (Å²) in [5.41, 5.74) is 11.3. The molecule has 0 amide bonds. The number of imidazole rings is 1. The number of nitrogen functional groups attached to an aromatic ring is 1. The van der Waals surface area contributed by atoms with E-state index in [0.717, 1.165) is 42.0 Å². The number of hydrogen-bond donors (Lipinski definition) is 1. The van der Waals surface area contributed by atoms with E-state index >= 15 is 0 Å². The van der Waals surface area contributed by atoms with E-state index in [1.54, 1.807) is 0 Å². The molecule has 25 heavy (non-hydrogen) atoms. The van der Waals surface area contributed by atoms with Gasteiger partial charge in [0.2, 0.25) is 0 Å². The summed E-state index contributed by atoms with van der Waals surface area (Å²) >= 11 is 0. The average molecular weight is 327 g/mol. The predicted octanol–water partition coefficient (Wildman–Crippen LogP) is 4.92. The first-order valence-corrected chi connectivity index (χ1v) is 8.66. The monoisotopic (exact) mass is 327 g/mol. The Morgan fingerprint density at radius 3 is 2.32 bits per heavy atom. The molecule has 1 heterocycles. The van der Waals surface area contributed by atoms with Crippen LogP contribution in [0.5, 0.6) is 0 Å². The van der Waals surface area contributed by atoms with Crippen LogP contribution < -0.4 is 5.73 Å². The molecule has 0 bridgehead atoms. The lowest BCUT2D eigenvalue weighted by Gasteiger charge is -2.10. The largest absolute Gasteiger partial charge is 0.399 e. The maximum atomic E-state index is 5.84. The van der Waals surface area contributed by atoms with E-state index in [2.05, 4.69) is 53.1 Å². The molecule has 0 aliphatic carbocycles. The van der Waals surface area contributed by atoms with Crippen LogP contribution in [0.25, 0.3) is 22.4 Å². The fourth-order valence-corrected chi connectivity index (χ4v) is 3.24. The highest BCUT2D eigenvalue weighted by Crippen LogP contribution is 2.26. The summed E-state index contributed by atoms with van der Waals surface area (Å²) in [7, 11) is 0. The number of benzene rings is 3. The first kappa shape index (κ1) is 15.5. The lowest BCUT2D eigenvalue weighted by Crippen LogP contribution is -2.02. The van der Waals surface area contributed by atoms with Gasteiger partial charge in [-0.25, -0.2) is 4.98 Å². The molecule has 0 unspecified atom stereocenters. The summed E-state index contributed by atoms with van der Waals surface area (Å²) in [5, 5.41) is 0. The lowest BCUT2D eigenvalue weighted by atomic mass is 10.1. The Balaban J connectivity index is 1.66. The quantitative estimate of drug-likeness (QED) is 0.529. The Labute approximate surface area is 147 Å². The van der Waals surface area contributed by atoms with Gasteiger partial charge in [0.05, 0.1) is 11.0 Å². The van der Waals surface area contributed by atoms with Gasteiger partial charge in [-0.3, -0.25) is 0 Å². The predicted molar refractivity (Wildman–Crippen MR) is 104 cm³/mol. The molecule has 0 saturated carbocycles. The van der Waals surface area contributed by atoms with Crippen molar-refractivity contribution in [2.75, 3.05) is 5.73 Å². The first-order chi connectivity index (χ1) is 12.3. The van der Waals surface area contributed by atoms with Gasteiger partial charge in [0, 0.05) is 17.8 Å². The highest BCUT2D eigenvalue weighted by Gasteiger charge is 2.12. The van der Waals surface area contributed by atoms with Crippen LogP contribution in [0.15, 0.2) is 78.9 Å². The van der Waals surface area contributed by atoms with E-state index in [-0.39, 0.29) is 0 Å². The highest BCUT2D eigenvalue weighted by molar-refractivity contribution is 5.80. The molecule has 2 N–H and O–H groups in total.